The molecule has 2 rings (SSSR count). The smallest absolute Gasteiger partial charge is 0.399 e. The van der Waals surface area contributed by atoms with E-state index in [0.29, 0.717) is 11.8 Å². The molecule has 0 bridgehead atoms. The van der Waals surface area contributed by atoms with Crippen LogP contribution >= 0.6 is 23.2 Å². The predicted molar refractivity (Wildman–Crippen MR) is 81.9 cm³/mol. The summed E-state index contributed by atoms with van der Waals surface area (Å²) < 4.78 is 60.5. The highest BCUT2D eigenvalue weighted by atomic mass is 35.5. The first-order valence-corrected chi connectivity index (χ1v) is 6.80. The van der Waals surface area contributed by atoms with Crippen LogP contribution in [0.25, 0.3) is 0 Å². The number of rotatable bonds is 1. The second-order valence-electron chi connectivity index (χ2n) is 4.25. The quantitative estimate of drug-likeness (QED) is 0.532. The Balaban J connectivity index is 0.000000272. The van der Waals surface area contributed by atoms with Gasteiger partial charge < -0.3 is 11.1 Å². The number of nitrogens with two attached hydrogens (primary N) is 1. The molecule has 0 radical (unpaired) electrons. The van der Waals surface area contributed by atoms with E-state index in [9.17, 15) is 26.7 Å². The number of amides is 1. The van der Waals surface area contributed by atoms with Crippen LogP contribution in [-0.2, 0) is 4.79 Å². The second kappa shape index (κ2) is 8.16. The second-order valence-corrected chi connectivity index (χ2v) is 5.07. The van der Waals surface area contributed by atoms with Gasteiger partial charge in [0.2, 0.25) is 0 Å². The number of hydrogen-bond acceptors (Lipinski definition) is 2. The zero-order chi connectivity index (χ0) is 18.5. The Hall–Kier alpha value is -2.06. The van der Waals surface area contributed by atoms with Crippen LogP contribution in [0, 0.1) is 11.6 Å². The third-order valence-corrected chi connectivity index (χ3v) is 2.99. The number of anilines is 2. The SMILES string of the molecule is Nc1ccc(Cl)c(F)c1.O=C(Nc1ccc(Cl)c(F)c1)C(F)(F)F. The monoisotopic (exact) mass is 386 g/mol. The summed E-state index contributed by atoms with van der Waals surface area (Å²) in [5.41, 5.74) is 5.31. The lowest BCUT2D eigenvalue weighted by Gasteiger charge is -2.07. The van der Waals surface area contributed by atoms with Crippen LogP contribution in [0.5, 0.6) is 0 Å². The largest absolute Gasteiger partial charge is 0.471 e. The minimum Gasteiger partial charge on any atom is -0.399 e. The van der Waals surface area contributed by atoms with E-state index in [1.165, 1.54) is 17.4 Å². The zero-order valence-electron chi connectivity index (χ0n) is 11.6. The normalized spacial score (nSPS) is 10.6. The van der Waals surface area contributed by atoms with Crippen LogP contribution < -0.4 is 11.1 Å². The van der Waals surface area contributed by atoms with Gasteiger partial charge in [0.15, 0.2) is 0 Å². The molecule has 0 fully saturated rings. The number of benzene rings is 2. The molecule has 0 aliphatic rings. The molecule has 2 aromatic rings. The van der Waals surface area contributed by atoms with E-state index in [1.54, 1.807) is 6.07 Å². The average Bonchev–Trinajstić information content (AvgIpc) is 2.47. The van der Waals surface area contributed by atoms with Gasteiger partial charge in [0.25, 0.3) is 0 Å². The summed E-state index contributed by atoms with van der Waals surface area (Å²) in [5.74, 6) is -3.54. The lowest BCUT2D eigenvalue weighted by Crippen LogP contribution is -2.29. The van der Waals surface area contributed by atoms with Crippen molar-refractivity contribution in [3.63, 3.8) is 0 Å². The van der Waals surface area contributed by atoms with E-state index in [1.807, 2.05) is 0 Å². The fourth-order valence-corrected chi connectivity index (χ4v) is 1.52. The van der Waals surface area contributed by atoms with Crippen LogP contribution in [0.2, 0.25) is 10.0 Å². The van der Waals surface area contributed by atoms with Gasteiger partial charge in [0.1, 0.15) is 11.6 Å². The van der Waals surface area contributed by atoms with Crippen molar-refractivity contribution in [3.05, 3.63) is 58.1 Å². The number of carbonyl (C=O) groups excluding carboxylic acids is 1. The molecule has 24 heavy (non-hydrogen) atoms. The molecule has 3 nitrogen and oxygen atoms in total. The van der Waals surface area contributed by atoms with Gasteiger partial charge in [-0.2, -0.15) is 13.2 Å². The molecule has 3 N–H and O–H groups in total. The molecule has 0 saturated carbocycles. The molecule has 2 aromatic carbocycles. The fraction of sp³-hybridized carbons (Fsp3) is 0.0714. The van der Waals surface area contributed by atoms with E-state index in [4.69, 9.17) is 28.9 Å². The third kappa shape index (κ3) is 6.21. The molecule has 0 heterocycles. The van der Waals surface area contributed by atoms with Crippen molar-refractivity contribution in [1.82, 2.24) is 0 Å². The van der Waals surface area contributed by atoms with Crippen molar-refractivity contribution in [2.75, 3.05) is 11.1 Å². The highest BCUT2D eigenvalue weighted by Gasteiger charge is 2.38. The summed E-state index contributed by atoms with van der Waals surface area (Å²) in [7, 11) is 0. The van der Waals surface area contributed by atoms with Crippen molar-refractivity contribution in [2.24, 2.45) is 0 Å². The lowest BCUT2D eigenvalue weighted by molar-refractivity contribution is -0.167. The number of nitrogen functional groups attached to an aromatic ring is 1. The molecule has 0 spiro atoms. The van der Waals surface area contributed by atoms with Crippen LogP contribution in [-0.4, -0.2) is 12.1 Å². The van der Waals surface area contributed by atoms with Crippen LogP contribution in [0.15, 0.2) is 36.4 Å². The Morgan fingerprint density at radius 3 is 1.88 bits per heavy atom. The van der Waals surface area contributed by atoms with E-state index >= 15 is 0 Å². The van der Waals surface area contributed by atoms with Crippen molar-refractivity contribution in [2.45, 2.75) is 6.18 Å². The van der Waals surface area contributed by atoms with Gasteiger partial charge in [0, 0.05) is 11.4 Å². The van der Waals surface area contributed by atoms with Crippen LogP contribution in [0.4, 0.5) is 33.3 Å². The molecule has 130 valence electrons. The third-order valence-electron chi connectivity index (χ3n) is 2.38. The highest BCUT2D eigenvalue weighted by molar-refractivity contribution is 6.31. The number of carbonyl (C=O) groups is 1. The minimum atomic E-state index is -5.00. The summed E-state index contributed by atoms with van der Waals surface area (Å²) in [4.78, 5) is 10.4. The first-order chi connectivity index (χ1) is 11.0. The number of halogens is 7. The molecule has 0 aliphatic carbocycles. The van der Waals surface area contributed by atoms with Gasteiger partial charge in [-0.3, -0.25) is 4.79 Å². The van der Waals surface area contributed by atoms with Crippen LogP contribution in [0.1, 0.15) is 0 Å². The average molecular weight is 387 g/mol. The molecule has 0 unspecified atom stereocenters. The van der Waals surface area contributed by atoms with E-state index in [-0.39, 0.29) is 15.7 Å². The number of hydrogen-bond donors (Lipinski definition) is 2. The molecule has 0 aromatic heterocycles. The Labute approximate surface area is 143 Å². The molecule has 0 saturated heterocycles. The van der Waals surface area contributed by atoms with E-state index in [0.717, 1.165) is 12.1 Å². The molecule has 10 heteroatoms. The van der Waals surface area contributed by atoms with Gasteiger partial charge in [0.05, 0.1) is 10.0 Å². The summed E-state index contributed by atoms with van der Waals surface area (Å²) in [6, 6.07) is 6.96. The Morgan fingerprint density at radius 1 is 0.958 bits per heavy atom. The summed E-state index contributed by atoms with van der Waals surface area (Å²) >= 11 is 10.6. The molecule has 1 amide bonds. The first kappa shape index (κ1) is 20.0. The maximum Gasteiger partial charge on any atom is 0.471 e. The van der Waals surface area contributed by atoms with Crippen molar-refractivity contribution in [1.29, 1.82) is 0 Å². The zero-order valence-corrected chi connectivity index (χ0v) is 13.1. The molecular weight excluding hydrogens is 378 g/mol. The Bertz CT molecular complexity index is 738. The summed E-state index contributed by atoms with van der Waals surface area (Å²) in [6.45, 7) is 0. The first-order valence-electron chi connectivity index (χ1n) is 6.04. The number of nitrogens with one attached hydrogen (secondary N) is 1. The Kier molecular flexibility index (Phi) is 6.80. The van der Waals surface area contributed by atoms with Crippen molar-refractivity contribution >= 4 is 40.5 Å². The highest BCUT2D eigenvalue weighted by Crippen LogP contribution is 2.21. The lowest BCUT2D eigenvalue weighted by atomic mass is 10.3. The molecule has 0 atom stereocenters. The van der Waals surface area contributed by atoms with Crippen LogP contribution in [0.3, 0.4) is 0 Å². The number of alkyl halides is 3. The van der Waals surface area contributed by atoms with Gasteiger partial charge >= 0.3 is 12.1 Å². The predicted octanol–water partition coefficient (Wildman–Crippen LogP) is 5.04. The fourth-order valence-electron chi connectivity index (χ4n) is 1.29. The minimum absolute atomic E-state index is 0.101. The van der Waals surface area contributed by atoms with Gasteiger partial charge in [-0.15, -0.1) is 0 Å². The maximum absolute atomic E-state index is 12.8. The maximum atomic E-state index is 12.8. The Morgan fingerprint density at radius 2 is 1.46 bits per heavy atom. The van der Waals surface area contributed by atoms with Gasteiger partial charge in [-0.25, -0.2) is 8.78 Å². The van der Waals surface area contributed by atoms with Crippen molar-refractivity contribution < 1.29 is 26.7 Å². The van der Waals surface area contributed by atoms with E-state index in [2.05, 4.69) is 0 Å². The standard InChI is InChI=1S/C8H4ClF4NO.C6H5ClFN/c9-5-2-1-4(3-6(5)10)14-7(15)8(11,12)13;7-5-2-1-4(9)3-6(5)8/h1-3H,(H,14,15);1-3H,9H2. The van der Waals surface area contributed by atoms with E-state index < -0.39 is 23.7 Å². The summed E-state index contributed by atoms with van der Waals surface area (Å²) in [6.07, 6.45) is -5.00. The van der Waals surface area contributed by atoms with Gasteiger partial charge in [-0.1, -0.05) is 23.2 Å². The van der Waals surface area contributed by atoms with Crippen molar-refractivity contribution in [3.8, 4) is 0 Å². The molecule has 0 aliphatic heterocycles. The molecular formula is C14H9Cl2F5N2O. The summed E-state index contributed by atoms with van der Waals surface area (Å²) in [5, 5.41) is 1.35. The topological polar surface area (TPSA) is 55.1 Å². The van der Waals surface area contributed by atoms with Gasteiger partial charge in [-0.05, 0) is 36.4 Å².